The van der Waals surface area contributed by atoms with E-state index >= 15 is 0 Å². The maximum absolute atomic E-state index is 11.3. The van der Waals surface area contributed by atoms with Crippen molar-refractivity contribution in [2.45, 2.75) is 6.92 Å². The molecular formula is C15H17N3O. The number of nitrogens with two attached hydrogens (primary N) is 2. The van der Waals surface area contributed by atoms with Crippen LogP contribution >= 0.6 is 0 Å². The van der Waals surface area contributed by atoms with Gasteiger partial charge < -0.3 is 16.4 Å². The molecule has 19 heavy (non-hydrogen) atoms. The molecule has 0 aromatic heterocycles. The molecule has 1 amide bonds. The second-order valence-corrected chi connectivity index (χ2v) is 4.48. The number of carbonyl (C=O) groups excluding carboxylic acids is 1. The zero-order valence-electron chi connectivity index (χ0n) is 11.1. The van der Waals surface area contributed by atoms with Crippen LogP contribution in [0.3, 0.4) is 0 Å². The van der Waals surface area contributed by atoms with Crippen LogP contribution in [-0.2, 0) is 0 Å². The standard InChI is InChI=1S/C15H17N3O/c1-10-5-3-4-6-14(10)18(2)11-7-8-13(16)12(9-11)15(17)19/h3-9H,16H2,1-2H3,(H2,17,19). The number of benzene rings is 2. The Morgan fingerprint density at radius 1 is 1.16 bits per heavy atom. The summed E-state index contributed by atoms with van der Waals surface area (Å²) in [4.78, 5) is 13.3. The zero-order valence-corrected chi connectivity index (χ0v) is 11.1. The maximum Gasteiger partial charge on any atom is 0.250 e. The summed E-state index contributed by atoms with van der Waals surface area (Å²) in [6, 6.07) is 13.3. The number of rotatable bonds is 3. The Morgan fingerprint density at radius 3 is 2.47 bits per heavy atom. The van der Waals surface area contributed by atoms with E-state index in [1.54, 1.807) is 12.1 Å². The average Bonchev–Trinajstić information content (AvgIpc) is 2.38. The number of amides is 1. The lowest BCUT2D eigenvalue weighted by Gasteiger charge is -2.22. The first kappa shape index (κ1) is 13.0. The van der Waals surface area contributed by atoms with Crippen molar-refractivity contribution in [1.82, 2.24) is 0 Å². The van der Waals surface area contributed by atoms with E-state index in [9.17, 15) is 4.79 Å². The van der Waals surface area contributed by atoms with Crippen molar-refractivity contribution in [2.75, 3.05) is 17.7 Å². The molecule has 0 aliphatic rings. The van der Waals surface area contributed by atoms with Crippen molar-refractivity contribution in [3.63, 3.8) is 0 Å². The Balaban J connectivity index is 2.45. The first-order chi connectivity index (χ1) is 9.00. The van der Waals surface area contributed by atoms with Gasteiger partial charge in [-0.1, -0.05) is 18.2 Å². The van der Waals surface area contributed by atoms with Crippen LogP contribution in [0.1, 0.15) is 15.9 Å². The molecule has 0 unspecified atom stereocenters. The number of nitrogen functional groups attached to an aromatic ring is 1. The molecule has 2 aromatic carbocycles. The fraction of sp³-hybridized carbons (Fsp3) is 0.133. The van der Waals surface area contributed by atoms with E-state index in [1.807, 2.05) is 49.2 Å². The third-order valence-corrected chi connectivity index (χ3v) is 3.17. The van der Waals surface area contributed by atoms with Gasteiger partial charge in [-0.15, -0.1) is 0 Å². The zero-order chi connectivity index (χ0) is 14.0. The summed E-state index contributed by atoms with van der Waals surface area (Å²) in [6.45, 7) is 2.04. The van der Waals surface area contributed by atoms with Crippen LogP contribution in [0.2, 0.25) is 0 Å². The normalized spacial score (nSPS) is 10.2. The molecule has 0 saturated heterocycles. The second kappa shape index (κ2) is 5.02. The van der Waals surface area contributed by atoms with Gasteiger partial charge in [0, 0.05) is 24.1 Å². The predicted molar refractivity (Wildman–Crippen MR) is 78.6 cm³/mol. The molecule has 0 spiro atoms. The summed E-state index contributed by atoms with van der Waals surface area (Å²) in [5.41, 5.74) is 14.9. The van der Waals surface area contributed by atoms with Crippen LogP contribution in [-0.4, -0.2) is 13.0 Å². The Bertz CT molecular complexity index is 623. The third-order valence-electron chi connectivity index (χ3n) is 3.17. The van der Waals surface area contributed by atoms with Crippen LogP contribution in [0.25, 0.3) is 0 Å². The summed E-state index contributed by atoms with van der Waals surface area (Å²) < 4.78 is 0. The minimum atomic E-state index is -0.516. The third kappa shape index (κ3) is 2.52. The van der Waals surface area contributed by atoms with Gasteiger partial charge in [0.1, 0.15) is 0 Å². The summed E-state index contributed by atoms with van der Waals surface area (Å²) >= 11 is 0. The van der Waals surface area contributed by atoms with Gasteiger partial charge in [0.15, 0.2) is 0 Å². The molecule has 0 atom stereocenters. The van der Waals surface area contributed by atoms with Crippen LogP contribution in [0.4, 0.5) is 17.1 Å². The fourth-order valence-corrected chi connectivity index (χ4v) is 2.05. The fourth-order valence-electron chi connectivity index (χ4n) is 2.05. The van der Waals surface area contributed by atoms with Crippen LogP contribution in [0.5, 0.6) is 0 Å². The number of primary amides is 1. The molecule has 0 saturated carbocycles. The van der Waals surface area contributed by atoms with Gasteiger partial charge in [0.25, 0.3) is 5.91 Å². The highest BCUT2D eigenvalue weighted by Crippen LogP contribution is 2.28. The van der Waals surface area contributed by atoms with E-state index in [0.717, 1.165) is 16.9 Å². The monoisotopic (exact) mass is 255 g/mol. The second-order valence-electron chi connectivity index (χ2n) is 4.48. The Hall–Kier alpha value is -2.49. The summed E-state index contributed by atoms with van der Waals surface area (Å²) in [7, 11) is 1.94. The molecule has 0 aliphatic carbocycles. The number of nitrogens with zero attached hydrogens (tertiary/aromatic N) is 1. The Kier molecular flexibility index (Phi) is 3.42. The minimum absolute atomic E-state index is 0.345. The molecule has 4 heteroatoms. The van der Waals surface area contributed by atoms with Crippen molar-refractivity contribution in [1.29, 1.82) is 0 Å². The molecule has 98 valence electrons. The Labute approximate surface area is 112 Å². The summed E-state index contributed by atoms with van der Waals surface area (Å²) in [5, 5.41) is 0. The number of carbonyl (C=O) groups is 1. The molecule has 0 heterocycles. The largest absolute Gasteiger partial charge is 0.398 e. The van der Waals surface area contributed by atoms with Gasteiger partial charge in [-0.3, -0.25) is 4.79 Å². The molecule has 0 fully saturated rings. The van der Waals surface area contributed by atoms with Gasteiger partial charge in [-0.25, -0.2) is 0 Å². The molecule has 0 bridgehead atoms. The van der Waals surface area contributed by atoms with Crippen molar-refractivity contribution in [2.24, 2.45) is 5.73 Å². The number of hydrogen-bond donors (Lipinski definition) is 2. The van der Waals surface area contributed by atoms with Gasteiger partial charge in [0.2, 0.25) is 0 Å². The minimum Gasteiger partial charge on any atom is -0.398 e. The van der Waals surface area contributed by atoms with E-state index < -0.39 is 5.91 Å². The van der Waals surface area contributed by atoms with Crippen molar-refractivity contribution < 1.29 is 4.79 Å². The predicted octanol–water partition coefficient (Wildman–Crippen LogP) is 2.44. The van der Waals surface area contributed by atoms with Crippen LogP contribution < -0.4 is 16.4 Å². The molecule has 4 N–H and O–H groups in total. The van der Waals surface area contributed by atoms with Gasteiger partial charge in [0.05, 0.1) is 5.56 Å². The highest BCUT2D eigenvalue weighted by atomic mass is 16.1. The molecule has 4 nitrogen and oxygen atoms in total. The van der Waals surface area contributed by atoms with Crippen LogP contribution in [0.15, 0.2) is 42.5 Å². The van der Waals surface area contributed by atoms with E-state index in [1.165, 1.54) is 0 Å². The summed E-state index contributed by atoms with van der Waals surface area (Å²) in [6.07, 6.45) is 0. The Morgan fingerprint density at radius 2 is 1.84 bits per heavy atom. The maximum atomic E-state index is 11.3. The molecule has 2 rings (SSSR count). The van der Waals surface area contributed by atoms with Crippen molar-refractivity contribution in [3.05, 3.63) is 53.6 Å². The molecule has 0 radical (unpaired) electrons. The number of anilines is 3. The average molecular weight is 255 g/mol. The lowest BCUT2D eigenvalue weighted by atomic mass is 10.1. The van der Waals surface area contributed by atoms with E-state index in [0.29, 0.717) is 11.3 Å². The molecule has 0 aliphatic heterocycles. The van der Waals surface area contributed by atoms with Crippen molar-refractivity contribution >= 4 is 23.0 Å². The molecular weight excluding hydrogens is 238 g/mol. The lowest BCUT2D eigenvalue weighted by molar-refractivity contribution is 0.100. The number of hydrogen-bond acceptors (Lipinski definition) is 3. The van der Waals surface area contributed by atoms with Gasteiger partial charge >= 0.3 is 0 Å². The summed E-state index contributed by atoms with van der Waals surface area (Å²) in [5.74, 6) is -0.516. The quantitative estimate of drug-likeness (QED) is 0.827. The highest BCUT2D eigenvalue weighted by Gasteiger charge is 2.11. The van der Waals surface area contributed by atoms with E-state index in [4.69, 9.17) is 11.5 Å². The van der Waals surface area contributed by atoms with Gasteiger partial charge in [-0.2, -0.15) is 0 Å². The SMILES string of the molecule is Cc1ccccc1N(C)c1ccc(N)c(C(N)=O)c1. The van der Waals surface area contributed by atoms with Gasteiger partial charge in [-0.05, 0) is 36.8 Å². The lowest BCUT2D eigenvalue weighted by Crippen LogP contribution is -2.16. The number of para-hydroxylation sites is 1. The number of aryl methyl sites for hydroxylation is 1. The first-order valence-corrected chi connectivity index (χ1v) is 5.99. The topological polar surface area (TPSA) is 72.3 Å². The molecule has 2 aromatic rings. The highest BCUT2D eigenvalue weighted by molar-refractivity contribution is 5.99. The van der Waals surface area contributed by atoms with E-state index in [2.05, 4.69) is 0 Å². The van der Waals surface area contributed by atoms with E-state index in [-0.39, 0.29) is 0 Å². The first-order valence-electron chi connectivity index (χ1n) is 5.99. The van der Waals surface area contributed by atoms with Crippen LogP contribution in [0, 0.1) is 6.92 Å². The smallest absolute Gasteiger partial charge is 0.250 e. The van der Waals surface area contributed by atoms with Crippen molar-refractivity contribution in [3.8, 4) is 0 Å².